The highest BCUT2D eigenvalue weighted by Crippen LogP contribution is 2.28. The molecule has 138 valence electrons. The maximum Gasteiger partial charge on any atom is 0.253 e. The van der Waals surface area contributed by atoms with Crippen molar-refractivity contribution >= 4 is 11.8 Å². The Morgan fingerprint density at radius 3 is 2.24 bits per heavy atom. The average molecular weight is 346 g/mol. The summed E-state index contributed by atoms with van der Waals surface area (Å²) < 4.78 is 5.40. The second kappa shape index (κ2) is 8.37. The van der Waals surface area contributed by atoms with Crippen molar-refractivity contribution in [2.75, 3.05) is 33.3 Å². The number of hydrogen-bond acceptors (Lipinski definition) is 3. The number of nitrogens with zero attached hydrogens (tertiary/aromatic N) is 2. The van der Waals surface area contributed by atoms with Crippen molar-refractivity contribution in [3.8, 4) is 5.75 Å². The molecule has 0 aromatic heterocycles. The summed E-state index contributed by atoms with van der Waals surface area (Å²) in [5.41, 5.74) is 1.73. The molecule has 0 aliphatic carbocycles. The van der Waals surface area contributed by atoms with Crippen LogP contribution in [0.25, 0.3) is 0 Å². The summed E-state index contributed by atoms with van der Waals surface area (Å²) in [6.45, 7) is 10.6. The lowest BCUT2D eigenvalue weighted by Gasteiger charge is -2.24. The molecule has 1 heterocycles. The molecule has 0 radical (unpaired) electrons. The monoisotopic (exact) mass is 346 g/mol. The summed E-state index contributed by atoms with van der Waals surface area (Å²) in [6.07, 6.45) is 0.817. The molecule has 1 aliphatic rings. The van der Waals surface area contributed by atoms with E-state index in [0.29, 0.717) is 25.2 Å². The normalized spacial score (nSPS) is 15.5. The molecule has 0 unspecified atom stereocenters. The van der Waals surface area contributed by atoms with Gasteiger partial charge in [-0.15, -0.1) is 0 Å². The molecule has 5 heteroatoms. The number of benzene rings is 1. The third-order valence-corrected chi connectivity index (χ3v) is 4.69. The fourth-order valence-corrected chi connectivity index (χ4v) is 3.21. The Balaban J connectivity index is 2.13. The van der Waals surface area contributed by atoms with Crippen molar-refractivity contribution in [1.82, 2.24) is 9.80 Å². The molecule has 0 spiro atoms. The Hall–Kier alpha value is -2.04. The van der Waals surface area contributed by atoms with Crippen LogP contribution in [0.4, 0.5) is 0 Å². The maximum atomic E-state index is 12.9. The number of hydrogen-bond donors (Lipinski definition) is 0. The predicted molar refractivity (Wildman–Crippen MR) is 99.0 cm³/mol. The first kappa shape index (κ1) is 19.3. The predicted octanol–water partition coefficient (Wildman–Crippen LogP) is 3.15. The van der Waals surface area contributed by atoms with Crippen molar-refractivity contribution in [3.05, 3.63) is 29.3 Å². The first-order chi connectivity index (χ1) is 11.8. The van der Waals surface area contributed by atoms with Gasteiger partial charge in [0.05, 0.1) is 7.11 Å². The van der Waals surface area contributed by atoms with E-state index in [1.807, 2.05) is 41.8 Å². The number of amides is 2. The lowest BCUT2D eigenvalue weighted by molar-refractivity contribution is -0.134. The fraction of sp³-hybridized carbons (Fsp3) is 0.600. The van der Waals surface area contributed by atoms with Gasteiger partial charge in [0, 0.05) is 37.7 Å². The van der Waals surface area contributed by atoms with E-state index in [1.54, 1.807) is 7.11 Å². The van der Waals surface area contributed by atoms with Gasteiger partial charge in [-0.05, 0) is 36.1 Å². The molecule has 0 bridgehead atoms. The molecule has 1 aromatic carbocycles. The zero-order valence-corrected chi connectivity index (χ0v) is 16.0. The van der Waals surface area contributed by atoms with E-state index in [1.165, 1.54) is 0 Å². The Kier molecular flexibility index (Phi) is 6.45. The molecule has 0 atom stereocenters. The number of carbonyl (C=O) groups is 2. The van der Waals surface area contributed by atoms with E-state index in [0.717, 1.165) is 24.3 Å². The Morgan fingerprint density at radius 2 is 1.64 bits per heavy atom. The first-order valence-corrected chi connectivity index (χ1v) is 9.11. The highest BCUT2D eigenvalue weighted by atomic mass is 16.5. The van der Waals surface area contributed by atoms with Gasteiger partial charge in [-0.3, -0.25) is 9.59 Å². The molecular weight excluding hydrogens is 316 g/mol. The number of methoxy groups -OCH3 is 1. The SMILES string of the molecule is COc1ccc(C(=O)N2CCCN(C(=O)C(C)C)CC2)cc1C(C)C. The van der Waals surface area contributed by atoms with E-state index < -0.39 is 0 Å². The van der Waals surface area contributed by atoms with Gasteiger partial charge in [0.2, 0.25) is 5.91 Å². The van der Waals surface area contributed by atoms with Crippen molar-refractivity contribution in [2.45, 2.75) is 40.0 Å². The molecule has 5 nitrogen and oxygen atoms in total. The van der Waals surface area contributed by atoms with Crippen LogP contribution >= 0.6 is 0 Å². The molecule has 1 aromatic rings. The summed E-state index contributed by atoms with van der Waals surface area (Å²) >= 11 is 0. The van der Waals surface area contributed by atoms with Crippen LogP contribution in [0.15, 0.2) is 18.2 Å². The first-order valence-electron chi connectivity index (χ1n) is 9.11. The number of rotatable bonds is 4. The van der Waals surface area contributed by atoms with Gasteiger partial charge in [0.1, 0.15) is 5.75 Å². The van der Waals surface area contributed by atoms with Crippen LogP contribution in [0.3, 0.4) is 0 Å². The van der Waals surface area contributed by atoms with Gasteiger partial charge >= 0.3 is 0 Å². The molecule has 0 N–H and O–H groups in total. The minimum Gasteiger partial charge on any atom is -0.496 e. The van der Waals surface area contributed by atoms with E-state index in [-0.39, 0.29) is 23.7 Å². The van der Waals surface area contributed by atoms with Crippen molar-refractivity contribution in [1.29, 1.82) is 0 Å². The smallest absolute Gasteiger partial charge is 0.253 e. The molecular formula is C20H30N2O3. The second-order valence-electron chi connectivity index (χ2n) is 7.24. The van der Waals surface area contributed by atoms with Crippen LogP contribution in [-0.2, 0) is 4.79 Å². The molecule has 2 amide bonds. The highest BCUT2D eigenvalue weighted by molar-refractivity contribution is 5.94. The summed E-state index contributed by atoms with van der Waals surface area (Å²) in [5, 5.41) is 0. The quantitative estimate of drug-likeness (QED) is 0.841. The largest absolute Gasteiger partial charge is 0.496 e. The maximum absolute atomic E-state index is 12.9. The van der Waals surface area contributed by atoms with E-state index in [9.17, 15) is 9.59 Å². The minimum absolute atomic E-state index is 0.00237. The lowest BCUT2D eigenvalue weighted by atomic mass is 9.99. The zero-order chi connectivity index (χ0) is 18.6. The Morgan fingerprint density at radius 1 is 1.00 bits per heavy atom. The summed E-state index contributed by atoms with van der Waals surface area (Å²) in [6, 6.07) is 5.64. The minimum atomic E-state index is -0.00237. The third-order valence-electron chi connectivity index (χ3n) is 4.69. The van der Waals surface area contributed by atoms with Gasteiger partial charge in [-0.25, -0.2) is 0 Å². The Labute approximate surface area is 150 Å². The van der Waals surface area contributed by atoms with E-state index in [4.69, 9.17) is 4.74 Å². The standard InChI is InChI=1S/C20H30N2O3/c1-14(2)17-13-16(7-8-18(17)25-5)20(24)22-10-6-9-21(11-12-22)19(23)15(3)4/h7-8,13-15H,6,9-12H2,1-5H3. The van der Waals surface area contributed by atoms with Gasteiger partial charge in [-0.2, -0.15) is 0 Å². The van der Waals surface area contributed by atoms with Crippen LogP contribution in [0, 0.1) is 5.92 Å². The van der Waals surface area contributed by atoms with Gasteiger partial charge < -0.3 is 14.5 Å². The van der Waals surface area contributed by atoms with Crippen LogP contribution < -0.4 is 4.74 Å². The molecule has 1 fully saturated rings. The summed E-state index contributed by atoms with van der Waals surface area (Å²) in [5.74, 6) is 1.30. The van der Waals surface area contributed by atoms with Crippen molar-refractivity contribution < 1.29 is 14.3 Å². The van der Waals surface area contributed by atoms with Crippen LogP contribution in [0.2, 0.25) is 0 Å². The van der Waals surface area contributed by atoms with Crippen LogP contribution in [0.5, 0.6) is 5.75 Å². The van der Waals surface area contributed by atoms with Gasteiger partial charge in [0.15, 0.2) is 0 Å². The summed E-state index contributed by atoms with van der Waals surface area (Å²) in [4.78, 5) is 28.9. The average Bonchev–Trinajstić information content (AvgIpc) is 2.85. The molecule has 1 aliphatic heterocycles. The van der Waals surface area contributed by atoms with Gasteiger partial charge in [-0.1, -0.05) is 27.7 Å². The Bertz CT molecular complexity index is 625. The lowest BCUT2D eigenvalue weighted by Crippen LogP contribution is -2.39. The molecule has 25 heavy (non-hydrogen) atoms. The molecule has 0 saturated carbocycles. The fourth-order valence-electron chi connectivity index (χ4n) is 3.21. The van der Waals surface area contributed by atoms with Gasteiger partial charge in [0.25, 0.3) is 5.91 Å². The zero-order valence-electron chi connectivity index (χ0n) is 16.0. The molecule has 2 rings (SSSR count). The second-order valence-corrected chi connectivity index (χ2v) is 7.24. The van der Waals surface area contributed by atoms with Crippen LogP contribution in [0.1, 0.15) is 56.0 Å². The number of carbonyl (C=O) groups excluding carboxylic acids is 2. The van der Waals surface area contributed by atoms with E-state index >= 15 is 0 Å². The summed E-state index contributed by atoms with van der Waals surface area (Å²) in [7, 11) is 1.65. The third kappa shape index (κ3) is 4.53. The van der Waals surface area contributed by atoms with Crippen molar-refractivity contribution in [2.24, 2.45) is 5.92 Å². The van der Waals surface area contributed by atoms with Crippen molar-refractivity contribution in [3.63, 3.8) is 0 Å². The highest BCUT2D eigenvalue weighted by Gasteiger charge is 2.24. The van der Waals surface area contributed by atoms with Crippen LogP contribution in [-0.4, -0.2) is 54.9 Å². The molecule has 1 saturated heterocycles. The number of ether oxygens (including phenoxy) is 1. The topological polar surface area (TPSA) is 49.9 Å². The van der Waals surface area contributed by atoms with E-state index in [2.05, 4.69) is 13.8 Å².